The molecule has 5 heteroatoms. The van der Waals surface area contributed by atoms with E-state index in [4.69, 9.17) is 9.47 Å². The van der Waals surface area contributed by atoms with Gasteiger partial charge in [0.1, 0.15) is 5.82 Å². The number of rotatable bonds is 2. The number of anilines is 1. The van der Waals surface area contributed by atoms with Gasteiger partial charge in [-0.1, -0.05) is 50.2 Å². The van der Waals surface area contributed by atoms with E-state index >= 15 is 0 Å². The molecule has 0 N–H and O–H groups in total. The first-order chi connectivity index (χ1) is 11.9. The van der Waals surface area contributed by atoms with Crippen molar-refractivity contribution < 1.29 is 18.7 Å². The Hall–Kier alpha value is -2.24. The van der Waals surface area contributed by atoms with Crippen molar-refractivity contribution in [2.75, 3.05) is 18.1 Å². The molecule has 0 aromatic heterocycles. The number of para-hydroxylation sites is 1. The molecule has 1 amide bonds. The lowest BCUT2D eigenvalue weighted by molar-refractivity contribution is -0.286. The Morgan fingerprint density at radius 1 is 1.04 bits per heavy atom. The first-order valence-electron chi connectivity index (χ1n) is 8.36. The summed E-state index contributed by atoms with van der Waals surface area (Å²) >= 11 is 0. The Kier molecular flexibility index (Phi) is 3.67. The number of hydrogen-bond donors (Lipinski definition) is 0. The Morgan fingerprint density at radius 3 is 2.40 bits per heavy atom. The lowest BCUT2D eigenvalue weighted by atomic mass is 9.93. The molecule has 2 heterocycles. The fourth-order valence-corrected chi connectivity index (χ4v) is 3.30. The van der Waals surface area contributed by atoms with Gasteiger partial charge in [-0.15, -0.1) is 0 Å². The third kappa shape index (κ3) is 2.55. The fourth-order valence-electron chi connectivity index (χ4n) is 3.30. The molecule has 2 aliphatic heterocycles. The molecule has 1 saturated heterocycles. The van der Waals surface area contributed by atoms with Gasteiger partial charge in [0.2, 0.25) is 0 Å². The van der Waals surface area contributed by atoms with Crippen LogP contribution >= 0.6 is 0 Å². The number of carbonyl (C=O) groups excluding carboxylic acids is 1. The Balaban J connectivity index is 1.73. The number of carbonyl (C=O) groups is 1. The molecule has 0 radical (unpaired) electrons. The van der Waals surface area contributed by atoms with E-state index in [1.807, 2.05) is 38.1 Å². The van der Waals surface area contributed by atoms with Gasteiger partial charge in [0.25, 0.3) is 11.7 Å². The third-order valence-corrected chi connectivity index (χ3v) is 4.69. The minimum atomic E-state index is -1.42. The van der Waals surface area contributed by atoms with E-state index in [2.05, 4.69) is 0 Å². The first-order valence-corrected chi connectivity index (χ1v) is 8.36. The quantitative estimate of drug-likeness (QED) is 0.838. The third-order valence-electron chi connectivity index (χ3n) is 4.69. The van der Waals surface area contributed by atoms with Gasteiger partial charge in [0, 0.05) is 16.5 Å². The number of fused-ring (bicyclic) bond motifs is 2. The fraction of sp³-hybridized carbons (Fsp3) is 0.350. The van der Waals surface area contributed by atoms with E-state index in [0.29, 0.717) is 30.0 Å². The van der Waals surface area contributed by atoms with E-state index in [1.165, 1.54) is 6.07 Å². The average Bonchev–Trinajstić information content (AvgIpc) is 2.82. The summed E-state index contributed by atoms with van der Waals surface area (Å²) in [7, 11) is 0. The first kappa shape index (κ1) is 16.2. The highest BCUT2D eigenvalue weighted by molar-refractivity contribution is 6.06. The lowest BCUT2D eigenvalue weighted by Crippen LogP contribution is -2.51. The van der Waals surface area contributed by atoms with Crippen molar-refractivity contribution in [1.29, 1.82) is 0 Å². The van der Waals surface area contributed by atoms with Crippen LogP contribution in [-0.2, 0) is 26.6 Å². The number of halogens is 1. The zero-order valence-electron chi connectivity index (χ0n) is 14.3. The summed E-state index contributed by atoms with van der Waals surface area (Å²) in [6.07, 6.45) is 0. The SMILES string of the molecule is CC1(C)COC2(OC1)C(=O)N(Cc1ccccc1F)c1ccccc12. The normalized spacial score (nSPS) is 20.8. The number of ether oxygens (including phenoxy) is 2. The van der Waals surface area contributed by atoms with Crippen LogP contribution in [0.2, 0.25) is 0 Å². The minimum absolute atomic E-state index is 0.139. The number of hydrogen-bond acceptors (Lipinski definition) is 3. The van der Waals surface area contributed by atoms with Crippen molar-refractivity contribution in [2.45, 2.75) is 26.2 Å². The van der Waals surface area contributed by atoms with Crippen molar-refractivity contribution in [3.63, 3.8) is 0 Å². The monoisotopic (exact) mass is 341 g/mol. The summed E-state index contributed by atoms with van der Waals surface area (Å²) in [5, 5.41) is 0. The highest BCUT2D eigenvalue weighted by Gasteiger charge is 2.56. The maximum Gasteiger partial charge on any atom is 0.292 e. The Labute approximate surface area is 146 Å². The highest BCUT2D eigenvalue weighted by Crippen LogP contribution is 2.47. The predicted molar refractivity (Wildman–Crippen MR) is 91.4 cm³/mol. The van der Waals surface area contributed by atoms with Crippen molar-refractivity contribution in [2.24, 2.45) is 5.41 Å². The van der Waals surface area contributed by atoms with Crippen LogP contribution < -0.4 is 4.90 Å². The molecular weight excluding hydrogens is 321 g/mol. The van der Waals surface area contributed by atoms with Crippen LogP contribution in [-0.4, -0.2) is 19.1 Å². The van der Waals surface area contributed by atoms with E-state index in [-0.39, 0.29) is 23.7 Å². The summed E-state index contributed by atoms with van der Waals surface area (Å²) in [6.45, 7) is 5.03. The van der Waals surface area contributed by atoms with Crippen LogP contribution in [0, 0.1) is 11.2 Å². The van der Waals surface area contributed by atoms with E-state index in [0.717, 1.165) is 0 Å². The topological polar surface area (TPSA) is 38.8 Å². The largest absolute Gasteiger partial charge is 0.338 e. The molecule has 2 aromatic rings. The molecule has 0 unspecified atom stereocenters. The van der Waals surface area contributed by atoms with Gasteiger partial charge in [-0.25, -0.2) is 4.39 Å². The lowest BCUT2D eigenvalue weighted by Gasteiger charge is -2.40. The minimum Gasteiger partial charge on any atom is -0.338 e. The molecule has 4 rings (SSSR count). The molecule has 0 saturated carbocycles. The molecule has 0 aliphatic carbocycles. The van der Waals surface area contributed by atoms with Crippen molar-refractivity contribution in [3.8, 4) is 0 Å². The predicted octanol–water partition coefficient (Wildman–Crippen LogP) is 3.60. The molecule has 2 aliphatic rings. The molecule has 0 bridgehead atoms. The molecule has 130 valence electrons. The molecule has 1 spiro atoms. The van der Waals surface area contributed by atoms with E-state index in [9.17, 15) is 9.18 Å². The Bertz CT molecular complexity index is 823. The van der Waals surface area contributed by atoms with Crippen LogP contribution in [0.25, 0.3) is 0 Å². The standard InChI is InChI=1S/C20H20FNO3/c1-19(2)12-24-20(25-13-19)15-8-4-6-10-17(15)22(18(20)23)11-14-7-3-5-9-16(14)21/h3-10H,11-13H2,1-2H3. The second-order valence-electron chi connectivity index (χ2n) is 7.36. The van der Waals surface area contributed by atoms with Crippen LogP contribution in [0.5, 0.6) is 0 Å². The van der Waals surface area contributed by atoms with Gasteiger partial charge in [-0.3, -0.25) is 4.79 Å². The van der Waals surface area contributed by atoms with Crippen molar-refractivity contribution in [3.05, 3.63) is 65.5 Å². The van der Waals surface area contributed by atoms with E-state index in [1.54, 1.807) is 23.1 Å². The van der Waals surface area contributed by atoms with Crippen LogP contribution in [0.15, 0.2) is 48.5 Å². The number of amides is 1. The zero-order valence-corrected chi connectivity index (χ0v) is 14.3. The molecule has 25 heavy (non-hydrogen) atoms. The summed E-state index contributed by atoms with van der Waals surface area (Å²) in [5.74, 6) is -2.05. The average molecular weight is 341 g/mol. The van der Waals surface area contributed by atoms with Gasteiger partial charge in [0.05, 0.1) is 25.4 Å². The summed E-state index contributed by atoms with van der Waals surface area (Å²) in [5.41, 5.74) is 1.69. The number of benzene rings is 2. The smallest absolute Gasteiger partial charge is 0.292 e. The highest BCUT2D eigenvalue weighted by atomic mass is 19.1. The molecular formula is C20H20FNO3. The molecule has 1 fully saturated rings. The molecule has 2 aromatic carbocycles. The number of nitrogens with zero attached hydrogens (tertiary/aromatic N) is 1. The second kappa shape index (κ2) is 5.64. The van der Waals surface area contributed by atoms with Crippen molar-refractivity contribution >= 4 is 11.6 Å². The summed E-state index contributed by atoms with van der Waals surface area (Å²) < 4.78 is 26.0. The van der Waals surface area contributed by atoms with E-state index < -0.39 is 5.79 Å². The molecule has 0 atom stereocenters. The van der Waals surface area contributed by atoms with Crippen molar-refractivity contribution in [1.82, 2.24) is 0 Å². The van der Waals surface area contributed by atoms with Gasteiger partial charge < -0.3 is 14.4 Å². The van der Waals surface area contributed by atoms with Crippen LogP contribution in [0.1, 0.15) is 25.0 Å². The maximum atomic E-state index is 14.1. The van der Waals surface area contributed by atoms with Gasteiger partial charge >= 0.3 is 0 Å². The summed E-state index contributed by atoms with van der Waals surface area (Å²) in [6, 6.07) is 13.9. The van der Waals surface area contributed by atoms with Gasteiger partial charge in [0.15, 0.2) is 0 Å². The molecule has 4 nitrogen and oxygen atoms in total. The van der Waals surface area contributed by atoms with Gasteiger partial charge in [-0.05, 0) is 12.1 Å². The summed E-state index contributed by atoms with van der Waals surface area (Å²) in [4.78, 5) is 14.8. The second-order valence-corrected chi connectivity index (χ2v) is 7.36. The maximum absolute atomic E-state index is 14.1. The Morgan fingerprint density at radius 2 is 1.68 bits per heavy atom. The zero-order chi connectivity index (χ0) is 17.7. The van der Waals surface area contributed by atoms with Crippen LogP contribution in [0.4, 0.5) is 10.1 Å². The van der Waals surface area contributed by atoms with Crippen LogP contribution in [0.3, 0.4) is 0 Å². The van der Waals surface area contributed by atoms with Gasteiger partial charge in [-0.2, -0.15) is 0 Å².